The van der Waals surface area contributed by atoms with E-state index >= 15 is 0 Å². The van der Waals surface area contributed by atoms with Crippen molar-refractivity contribution in [1.82, 2.24) is 10.3 Å². The van der Waals surface area contributed by atoms with E-state index in [1.54, 1.807) is 20.2 Å². The average molecular weight is 263 g/mol. The van der Waals surface area contributed by atoms with Crippen LogP contribution < -0.4 is 10.2 Å². The minimum Gasteiger partial charge on any atom is -0.387 e. The molecule has 0 bridgehead atoms. The largest absolute Gasteiger partial charge is 0.387 e. The summed E-state index contributed by atoms with van der Waals surface area (Å²) in [5.41, 5.74) is 1.59. The molecular formula is C14H21N3O2. The van der Waals surface area contributed by atoms with Crippen LogP contribution in [-0.2, 0) is 4.79 Å². The summed E-state index contributed by atoms with van der Waals surface area (Å²) in [6, 6.07) is 3.63. The number of hydrogen-bond acceptors (Lipinski definition) is 4. The number of hydrogen-bond donors (Lipinski definition) is 2. The number of piperidine rings is 1. The van der Waals surface area contributed by atoms with Crippen molar-refractivity contribution >= 4 is 11.6 Å². The zero-order chi connectivity index (χ0) is 13.8. The number of carbonyl (C=O) groups excluding carboxylic acids is 1. The van der Waals surface area contributed by atoms with Crippen molar-refractivity contribution < 1.29 is 9.90 Å². The summed E-state index contributed by atoms with van der Waals surface area (Å²) in [7, 11) is 1.67. The Morgan fingerprint density at radius 3 is 2.89 bits per heavy atom. The van der Waals surface area contributed by atoms with Crippen LogP contribution in [0.5, 0.6) is 0 Å². The first kappa shape index (κ1) is 13.8. The first-order chi connectivity index (χ1) is 9.13. The number of pyridine rings is 1. The molecule has 1 amide bonds. The minimum absolute atomic E-state index is 0.0549. The van der Waals surface area contributed by atoms with E-state index in [4.69, 9.17) is 0 Å². The lowest BCUT2D eigenvalue weighted by Gasteiger charge is -2.36. The van der Waals surface area contributed by atoms with E-state index in [1.807, 2.05) is 12.1 Å². The number of aliphatic hydroxyl groups is 1. The van der Waals surface area contributed by atoms with E-state index in [1.165, 1.54) is 0 Å². The molecule has 5 heteroatoms. The summed E-state index contributed by atoms with van der Waals surface area (Å²) in [4.78, 5) is 18.3. The third-order valence-electron chi connectivity index (χ3n) is 3.58. The standard InChI is InChI=1S/C14H21N3O2/c1-10(18)12-7-6-11(9-16-12)17-8-4-3-5-13(17)14(19)15-2/h6-7,9-10,13,18H,3-5,8H2,1-2H3,(H,15,19)/t10-,13?/m0/s1. The quantitative estimate of drug-likeness (QED) is 0.861. The normalized spacial score (nSPS) is 21.0. The Kier molecular flexibility index (Phi) is 4.37. The molecule has 1 saturated heterocycles. The molecule has 2 rings (SSSR count). The Hall–Kier alpha value is -1.62. The first-order valence-electron chi connectivity index (χ1n) is 6.75. The molecule has 2 atom stereocenters. The number of aliphatic hydroxyl groups excluding tert-OH is 1. The van der Waals surface area contributed by atoms with Crippen LogP contribution in [0.3, 0.4) is 0 Å². The molecule has 1 unspecified atom stereocenters. The monoisotopic (exact) mass is 263 g/mol. The maximum absolute atomic E-state index is 11.9. The molecule has 1 fully saturated rings. The highest BCUT2D eigenvalue weighted by molar-refractivity contribution is 5.85. The lowest BCUT2D eigenvalue weighted by atomic mass is 10.0. The van der Waals surface area contributed by atoms with E-state index in [0.717, 1.165) is 31.5 Å². The Labute approximate surface area is 113 Å². The van der Waals surface area contributed by atoms with Crippen LogP contribution in [0.25, 0.3) is 0 Å². The second kappa shape index (κ2) is 6.02. The molecule has 1 aromatic rings. The van der Waals surface area contributed by atoms with Gasteiger partial charge in [0, 0.05) is 13.6 Å². The van der Waals surface area contributed by atoms with Crippen LogP contribution in [0, 0.1) is 0 Å². The average Bonchev–Trinajstić information content (AvgIpc) is 2.46. The van der Waals surface area contributed by atoms with Gasteiger partial charge >= 0.3 is 0 Å². The molecule has 5 nitrogen and oxygen atoms in total. The number of amides is 1. The van der Waals surface area contributed by atoms with E-state index in [-0.39, 0.29) is 11.9 Å². The Bertz CT molecular complexity index is 431. The van der Waals surface area contributed by atoms with E-state index < -0.39 is 6.10 Å². The summed E-state index contributed by atoms with van der Waals surface area (Å²) in [5.74, 6) is 0.0549. The summed E-state index contributed by atoms with van der Waals surface area (Å²) in [5, 5.41) is 12.2. The molecule has 104 valence electrons. The minimum atomic E-state index is -0.565. The van der Waals surface area contributed by atoms with Crippen molar-refractivity contribution in [2.75, 3.05) is 18.5 Å². The fourth-order valence-electron chi connectivity index (χ4n) is 2.49. The van der Waals surface area contributed by atoms with E-state index in [2.05, 4.69) is 15.2 Å². The zero-order valence-electron chi connectivity index (χ0n) is 11.5. The zero-order valence-corrected chi connectivity index (χ0v) is 11.5. The Balaban J connectivity index is 2.19. The number of nitrogens with zero attached hydrogens (tertiary/aromatic N) is 2. The fourth-order valence-corrected chi connectivity index (χ4v) is 2.49. The SMILES string of the molecule is CNC(=O)C1CCCCN1c1ccc([C@H](C)O)nc1. The highest BCUT2D eigenvalue weighted by Gasteiger charge is 2.28. The van der Waals surface area contributed by atoms with Crippen LogP contribution in [0.15, 0.2) is 18.3 Å². The highest BCUT2D eigenvalue weighted by Crippen LogP contribution is 2.25. The number of nitrogens with one attached hydrogen (secondary N) is 1. The molecule has 1 aromatic heterocycles. The molecule has 1 aliphatic rings. The van der Waals surface area contributed by atoms with Gasteiger partial charge in [0.05, 0.1) is 23.7 Å². The van der Waals surface area contributed by atoms with Gasteiger partial charge in [-0.1, -0.05) is 0 Å². The first-order valence-corrected chi connectivity index (χ1v) is 6.75. The smallest absolute Gasteiger partial charge is 0.242 e. The summed E-state index contributed by atoms with van der Waals surface area (Å²) >= 11 is 0. The van der Waals surface area contributed by atoms with Crippen LogP contribution in [-0.4, -0.2) is 35.6 Å². The summed E-state index contributed by atoms with van der Waals surface area (Å²) in [6.45, 7) is 2.56. The third kappa shape index (κ3) is 3.04. The lowest BCUT2D eigenvalue weighted by Crippen LogP contribution is -2.48. The molecular weight excluding hydrogens is 242 g/mol. The van der Waals surface area contributed by atoms with Gasteiger partial charge in [-0.3, -0.25) is 9.78 Å². The van der Waals surface area contributed by atoms with Crippen molar-refractivity contribution in [1.29, 1.82) is 0 Å². The number of anilines is 1. The van der Waals surface area contributed by atoms with Crippen molar-refractivity contribution in [2.45, 2.75) is 38.3 Å². The van der Waals surface area contributed by atoms with Crippen LogP contribution >= 0.6 is 0 Å². The van der Waals surface area contributed by atoms with Gasteiger partial charge in [0.15, 0.2) is 0 Å². The van der Waals surface area contributed by atoms with Crippen molar-refractivity contribution in [2.24, 2.45) is 0 Å². The van der Waals surface area contributed by atoms with Crippen LogP contribution in [0.1, 0.15) is 38.0 Å². The van der Waals surface area contributed by atoms with Gasteiger partial charge in [0.2, 0.25) is 5.91 Å². The van der Waals surface area contributed by atoms with E-state index in [0.29, 0.717) is 5.69 Å². The predicted octanol–water partition coefficient (Wildman–Crippen LogP) is 1.24. The Morgan fingerprint density at radius 2 is 2.32 bits per heavy atom. The molecule has 1 aliphatic heterocycles. The number of likely N-dealkylation sites (N-methyl/N-ethyl adjacent to an activating group) is 1. The second-order valence-corrected chi connectivity index (χ2v) is 4.94. The maximum Gasteiger partial charge on any atom is 0.242 e. The van der Waals surface area contributed by atoms with E-state index in [9.17, 15) is 9.90 Å². The molecule has 2 heterocycles. The number of rotatable bonds is 3. The number of aromatic nitrogens is 1. The molecule has 0 aromatic carbocycles. The maximum atomic E-state index is 11.9. The summed E-state index contributed by atoms with van der Waals surface area (Å²) < 4.78 is 0. The molecule has 19 heavy (non-hydrogen) atoms. The van der Waals surface area contributed by atoms with Gasteiger partial charge in [0.1, 0.15) is 6.04 Å². The molecule has 0 radical (unpaired) electrons. The number of carbonyl (C=O) groups is 1. The topological polar surface area (TPSA) is 65.5 Å². The highest BCUT2D eigenvalue weighted by atomic mass is 16.3. The van der Waals surface area contributed by atoms with Crippen LogP contribution in [0.2, 0.25) is 0 Å². The summed E-state index contributed by atoms with van der Waals surface area (Å²) in [6.07, 6.45) is 4.21. The molecule has 0 spiro atoms. The van der Waals surface area contributed by atoms with Gasteiger partial charge in [-0.05, 0) is 38.3 Å². The molecule has 2 N–H and O–H groups in total. The van der Waals surface area contributed by atoms with Gasteiger partial charge < -0.3 is 15.3 Å². The van der Waals surface area contributed by atoms with Gasteiger partial charge in [-0.15, -0.1) is 0 Å². The predicted molar refractivity (Wildman–Crippen MR) is 73.9 cm³/mol. The lowest BCUT2D eigenvalue weighted by molar-refractivity contribution is -0.122. The van der Waals surface area contributed by atoms with Crippen molar-refractivity contribution in [3.8, 4) is 0 Å². The van der Waals surface area contributed by atoms with Crippen molar-refractivity contribution in [3.05, 3.63) is 24.0 Å². The van der Waals surface area contributed by atoms with Gasteiger partial charge in [-0.25, -0.2) is 0 Å². The van der Waals surface area contributed by atoms with Crippen molar-refractivity contribution in [3.63, 3.8) is 0 Å². The molecule has 0 saturated carbocycles. The third-order valence-corrected chi connectivity index (χ3v) is 3.58. The Morgan fingerprint density at radius 1 is 1.53 bits per heavy atom. The molecule has 0 aliphatic carbocycles. The second-order valence-electron chi connectivity index (χ2n) is 4.94. The van der Waals surface area contributed by atoms with Gasteiger partial charge in [0.25, 0.3) is 0 Å². The van der Waals surface area contributed by atoms with Gasteiger partial charge in [-0.2, -0.15) is 0 Å². The van der Waals surface area contributed by atoms with Crippen LogP contribution in [0.4, 0.5) is 5.69 Å². The fraction of sp³-hybridized carbons (Fsp3) is 0.571.